The summed E-state index contributed by atoms with van der Waals surface area (Å²) in [4.78, 5) is 13.4. The number of hydrogen-bond donors (Lipinski definition) is 0. The van der Waals surface area contributed by atoms with Gasteiger partial charge in [-0.25, -0.2) is 5.01 Å². The van der Waals surface area contributed by atoms with E-state index in [1.165, 1.54) is 25.7 Å². The minimum absolute atomic E-state index is 0.0141. The molecule has 4 rings (SSSR count). The SMILES string of the molecule is COc1ccc(C2=NN(C3CCCCCC3)C(=O)C3CC=CCC23)cc1OCCBr. The first-order chi connectivity index (χ1) is 14.7. The van der Waals surface area contributed by atoms with Crippen molar-refractivity contribution in [2.75, 3.05) is 19.0 Å². The Kier molecular flexibility index (Phi) is 7.13. The topological polar surface area (TPSA) is 51.1 Å². The molecule has 1 saturated carbocycles. The van der Waals surface area contributed by atoms with Crippen LogP contribution in [0.15, 0.2) is 35.5 Å². The second-order valence-electron chi connectivity index (χ2n) is 8.37. The van der Waals surface area contributed by atoms with E-state index in [2.05, 4.69) is 34.1 Å². The molecular formula is C24H31BrN2O3. The van der Waals surface area contributed by atoms with Gasteiger partial charge in [0.25, 0.3) is 0 Å². The van der Waals surface area contributed by atoms with E-state index in [9.17, 15) is 4.79 Å². The van der Waals surface area contributed by atoms with Crippen LogP contribution in [0, 0.1) is 11.8 Å². The third kappa shape index (κ3) is 4.43. The molecule has 2 unspecified atom stereocenters. The molecule has 1 aromatic carbocycles. The molecule has 30 heavy (non-hydrogen) atoms. The zero-order valence-corrected chi connectivity index (χ0v) is 19.3. The van der Waals surface area contributed by atoms with Gasteiger partial charge in [0, 0.05) is 16.8 Å². The summed E-state index contributed by atoms with van der Waals surface area (Å²) in [6.07, 6.45) is 13.0. The van der Waals surface area contributed by atoms with Crippen molar-refractivity contribution in [1.29, 1.82) is 0 Å². The van der Waals surface area contributed by atoms with E-state index in [-0.39, 0.29) is 23.8 Å². The van der Waals surface area contributed by atoms with Gasteiger partial charge in [-0.2, -0.15) is 5.10 Å². The molecule has 0 radical (unpaired) electrons. The monoisotopic (exact) mass is 474 g/mol. The van der Waals surface area contributed by atoms with Gasteiger partial charge in [0.1, 0.15) is 0 Å². The second-order valence-corrected chi connectivity index (χ2v) is 9.17. The van der Waals surface area contributed by atoms with Crippen molar-refractivity contribution in [3.63, 3.8) is 0 Å². The highest BCUT2D eigenvalue weighted by molar-refractivity contribution is 9.09. The van der Waals surface area contributed by atoms with Crippen LogP contribution in [0.25, 0.3) is 0 Å². The number of halogens is 1. The lowest BCUT2D eigenvalue weighted by atomic mass is 9.76. The van der Waals surface area contributed by atoms with Crippen LogP contribution in [0.2, 0.25) is 0 Å². The Morgan fingerprint density at radius 2 is 1.80 bits per heavy atom. The van der Waals surface area contributed by atoms with Crippen molar-refractivity contribution in [3.8, 4) is 11.5 Å². The number of carbonyl (C=O) groups excluding carboxylic acids is 1. The average Bonchev–Trinajstić information content (AvgIpc) is 3.07. The van der Waals surface area contributed by atoms with Gasteiger partial charge in [-0.15, -0.1) is 0 Å². The zero-order chi connectivity index (χ0) is 20.9. The zero-order valence-electron chi connectivity index (χ0n) is 17.7. The van der Waals surface area contributed by atoms with Gasteiger partial charge in [0.2, 0.25) is 5.91 Å². The number of benzene rings is 1. The number of rotatable bonds is 6. The summed E-state index contributed by atoms with van der Waals surface area (Å²) in [5, 5.41) is 7.62. The van der Waals surface area contributed by atoms with Crippen molar-refractivity contribution in [2.45, 2.75) is 57.4 Å². The van der Waals surface area contributed by atoms with Crippen molar-refractivity contribution in [3.05, 3.63) is 35.9 Å². The van der Waals surface area contributed by atoms with Crippen LogP contribution in [0.1, 0.15) is 56.9 Å². The molecule has 1 aromatic rings. The van der Waals surface area contributed by atoms with Gasteiger partial charge >= 0.3 is 0 Å². The van der Waals surface area contributed by atoms with Crippen LogP contribution in [0.5, 0.6) is 11.5 Å². The minimum atomic E-state index is -0.0141. The number of carbonyl (C=O) groups is 1. The molecule has 2 atom stereocenters. The molecule has 0 spiro atoms. The van der Waals surface area contributed by atoms with Crippen LogP contribution >= 0.6 is 15.9 Å². The minimum Gasteiger partial charge on any atom is -0.493 e. The predicted molar refractivity (Wildman–Crippen MR) is 123 cm³/mol. The summed E-state index contributed by atoms with van der Waals surface area (Å²) in [6, 6.07) is 6.25. The van der Waals surface area contributed by atoms with Gasteiger partial charge in [0.05, 0.1) is 31.4 Å². The lowest BCUT2D eigenvalue weighted by molar-refractivity contribution is -0.140. The molecule has 0 N–H and O–H groups in total. The maximum atomic E-state index is 13.4. The highest BCUT2D eigenvalue weighted by Gasteiger charge is 2.42. The summed E-state index contributed by atoms with van der Waals surface area (Å²) < 4.78 is 11.4. The Morgan fingerprint density at radius 3 is 2.50 bits per heavy atom. The summed E-state index contributed by atoms with van der Waals surface area (Å²) in [7, 11) is 1.66. The quantitative estimate of drug-likeness (QED) is 0.318. The maximum Gasteiger partial charge on any atom is 0.247 e. The molecule has 5 nitrogen and oxygen atoms in total. The van der Waals surface area contributed by atoms with E-state index in [4.69, 9.17) is 14.6 Å². The van der Waals surface area contributed by atoms with Crippen LogP contribution in [-0.2, 0) is 4.79 Å². The number of fused-ring (bicyclic) bond motifs is 1. The number of hydrazone groups is 1. The highest BCUT2D eigenvalue weighted by atomic mass is 79.9. The van der Waals surface area contributed by atoms with Gasteiger partial charge < -0.3 is 9.47 Å². The summed E-state index contributed by atoms with van der Waals surface area (Å²) >= 11 is 3.42. The van der Waals surface area contributed by atoms with Crippen molar-refractivity contribution < 1.29 is 14.3 Å². The van der Waals surface area contributed by atoms with Crippen LogP contribution in [0.3, 0.4) is 0 Å². The molecular weight excluding hydrogens is 444 g/mol. The third-order valence-corrected chi connectivity index (χ3v) is 6.83. The number of nitrogens with zero attached hydrogens (tertiary/aromatic N) is 2. The van der Waals surface area contributed by atoms with E-state index < -0.39 is 0 Å². The van der Waals surface area contributed by atoms with Crippen LogP contribution in [0.4, 0.5) is 0 Å². The smallest absolute Gasteiger partial charge is 0.247 e. The number of hydrogen-bond acceptors (Lipinski definition) is 4. The first kappa shape index (κ1) is 21.4. The molecule has 0 saturated heterocycles. The molecule has 1 amide bonds. The number of amides is 1. The summed E-state index contributed by atoms with van der Waals surface area (Å²) in [6.45, 7) is 0.563. The fourth-order valence-corrected chi connectivity index (χ4v) is 5.09. The maximum absolute atomic E-state index is 13.4. The van der Waals surface area contributed by atoms with E-state index in [1.54, 1.807) is 7.11 Å². The molecule has 0 aromatic heterocycles. The van der Waals surface area contributed by atoms with E-state index >= 15 is 0 Å². The van der Waals surface area contributed by atoms with Crippen molar-refractivity contribution >= 4 is 27.5 Å². The van der Waals surface area contributed by atoms with Crippen molar-refractivity contribution in [2.24, 2.45) is 16.9 Å². The molecule has 0 bridgehead atoms. The number of alkyl halides is 1. The van der Waals surface area contributed by atoms with Crippen molar-refractivity contribution in [1.82, 2.24) is 5.01 Å². The Morgan fingerprint density at radius 1 is 1.07 bits per heavy atom. The number of ether oxygens (including phenoxy) is 2. The third-order valence-electron chi connectivity index (χ3n) is 6.51. The Hall–Kier alpha value is -1.82. The molecule has 162 valence electrons. The average molecular weight is 475 g/mol. The van der Waals surface area contributed by atoms with Crippen LogP contribution in [-0.4, -0.2) is 41.7 Å². The molecule has 6 heteroatoms. The first-order valence-electron chi connectivity index (χ1n) is 11.2. The van der Waals surface area contributed by atoms with E-state index in [0.717, 1.165) is 48.0 Å². The molecule has 3 aliphatic rings. The molecule has 1 heterocycles. The second kappa shape index (κ2) is 9.99. The fraction of sp³-hybridized carbons (Fsp3) is 0.583. The fourth-order valence-electron chi connectivity index (χ4n) is 4.93. The summed E-state index contributed by atoms with van der Waals surface area (Å²) in [5.74, 6) is 1.76. The summed E-state index contributed by atoms with van der Waals surface area (Å²) in [5.41, 5.74) is 2.04. The molecule has 2 aliphatic carbocycles. The molecule has 1 fully saturated rings. The number of methoxy groups -OCH3 is 1. The predicted octanol–water partition coefficient (Wildman–Crippen LogP) is 5.32. The van der Waals surface area contributed by atoms with E-state index in [0.29, 0.717) is 12.4 Å². The van der Waals surface area contributed by atoms with Gasteiger partial charge in [-0.1, -0.05) is 53.8 Å². The lowest BCUT2D eigenvalue weighted by Gasteiger charge is -2.40. The first-order valence-corrected chi connectivity index (χ1v) is 12.3. The van der Waals surface area contributed by atoms with Gasteiger partial charge in [-0.3, -0.25) is 4.79 Å². The Bertz CT molecular complexity index is 815. The van der Waals surface area contributed by atoms with E-state index in [1.807, 2.05) is 17.1 Å². The Balaban J connectivity index is 1.72. The van der Waals surface area contributed by atoms with Gasteiger partial charge in [0.15, 0.2) is 11.5 Å². The molecule has 1 aliphatic heterocycles. The normalized spacial score (nSPS) is 24.8. The van der Waals surface area contributed by atoms with Gasteiger partial charge in [-0.05, 0) is 43.9 Å². The Labute approximate surface area is 187 Å². The van der Waals surface area contributed by atoms with Crippen LogP contribution < -0.4 is 9.47 Å². The lowest BCUT2D eigenvalue weighted by Crippen LogP contribution is -2.49. The largest absolute Gasteiger partial charge is 0.493 e. The number of allylic oxidation sites excluding steroid dienone is 2. The highest BCUT2D eigenvalue weighted by Crippen LogP contribution is 2.38. The standard InChI is InChI=1S/C24H31BrN2O3/c1-29-21-13-12-17(16-22(21)30-15-14-25)23-19-10-6-7-11-20(19)24(28)27(26-23)18-8-4-2-3-5-9-18/h6-7,12-13,16,18-20H,2-5,8-11,14-15H2,1H3.